The van der Waals surface area contributed by atoms with Crippen LogP contribution in [0.15, 0.2) is 30.3 Å². The van der Waals surface area contributed by atoms with Crippen LogP contribution in [0.3, 0.4) is 0 Å². The third kappa shape index (κ3) is 4.75. The lowest BCUT2D eigenvalue weighted by atomic mass is 10.1. The average molecular weight is 373 g/mol. The van der Waals surface area contributed by atoms with Crippen LogP contribution in [0.5, 0.6) is 17.2 Å². The molecule has 2 rings (SSSR count). The number of phenols is 1. The Morgan fingerprint density at radius 1 is 1.07 bits per heavy atom. The van der Waals surface area contributed by atoms with E-state index in [1.807, 2.05) is 0 Å². The van der Waals surface area contributed by atoms with Gasteiger partial charge in [-0.05, 0) is 62.2 Å². The summed E-state index contributed by atoms with van der Waals surface area (Å²) in [5.74, 6) is -2.79. The highest BCUT2D eigenvalue weighted by Crippen LogP contribution is 2.33. The number of aromatic carboxylic acids is 1. The summed E-state index contributed by atoms with van der Waals surface area (Å²) in [6.07, 6.45) is 0. The Morgan fingerprint density at radius 3 is 2.26 bits per heavy atom. The van der Waals surface area contributed by atoms with Gasteiger partial charge in [0.05, 0.1) is 6.61 Å². The minimum absolute atomic E-state index is 0.0993. The topological polar surface area (TPSA) is 122 Å². The molecule has 2 aromatic rings. The summed E-state index contributed by atoms with van der Waals surface area (Å²) in [7, 11) is 0. The Balaban J connectivity index is 2.25. The normalized spacial score (nSPS) is 10.2. The fraction of sp³-hybridized carbons (Fsp3) is 0.211. The fourth-order valence-corrected chi connectivity index (χ4v) is 2.43. The van der Waals surface area contributed by atoms with E-state index in [0.717, 1.165) is 0 Å². The van der Waals surface area contributed by atoms with Gasteiger partial charge in [0.15, 0.2) is 0 Å². The van der Waals surface area contributed by atoms with Crippen LogP contribution in [0.2, 0.25) is 0 Å². The number of carboxylic acids is 1. The molecule has 0 bridgehead atoms. The molecule has 27 heavy (non-hydrogen) atoms. The minimum atomic E-state index is -1.27. The van der Waals surface area contributed by atoms with Gasteiger partial charge in [0.25, 0.3) is 0 Å². The van der Waals surface area contributed by atoms with Gasteiger partial charge in [0.1, 0.15) is 22.8 Å². The van der Waals surface area contributed by atoms with Gasteiger partial charge in [-0.2, -0.15) is 0 Å². The summed E-state index contributed by atoms with van der Waals surface area (Å²) in [4.78, 5) is 34.3. The van der Waals surface area contributed by atoms with E-state index in [2.05, 4.69) is 10.1 Å². The van der Waals surface area contributed by atoms with Crippen LogP contribution in [0.1, 0.15) is 28.4 Å². The molecule has 3 N–H and O–H groups in total. The highest BCUT2D eigenvalue weighted by molar-refractivity contribution is 6.37. The largest absolute Gasteiger partial charge is 0.507 e. The van der Waals surface area contributed by atoms with E-state index in [-0.39, 0.29) is 23.7 Å². The molecule has 0 atom stereocenters. The van der Waals surface area contributed by atoms with Crippen LogP contribution in [-0.2, 0) is 14.3 Å². The molecule has 2 aromatic carbocycles. The monoisotopic (exact) mass is 373 g/mol. The molecule has 0 heterocycles. The number of nitrogens with one attached hydrogen (secondary N) is 1. The molecule has 142 valence electrons. The third-order valence-corrected chi connectivity index (χ3v) is 3.60. The first-order chi connectivity index (χ1) is 12.7. The fourth-order valence-electron chi connectivity index (χ4n) is 2.43. The van der Waals surface area contributed by atoms with E-state index >= 15 is 0 Å². The van der Waals surface area contributed by atoms with Crippen LogP contribution in [0.4, 0.5) is 5.69 Å². The average Bonchev–Trinajstić information content (AvgIpc) is 2.59. The Morgan fingerprint density at radius 2 is 1.70 bits per heavy atom. The molecular formula is C19H19NO7. The summed E-state index contributed by atoms with van der Waals surface area (Å²) in [6.45, 7) is 5.18. The molecule has 1 amide bonds. The van der Waals surface area contributed by atoms with Gasteiger partial charge >= 0.3 is 17.8 Å². The number of carbonyl (C=O) groups is 3. The second-order valence-corrected chi connectivity index (χ2v) is 5.70. The Bertz CT molecular complexity index is 882. The molecule has 0 aliphatic rings. The molecule has 8 heteroatoms. The zero-order chi connectivity index (χ0) is 20.1. The molecular weight excluding hydrogens is 354 g/mol. The first kappa shape index (κ1) is 19.8. The molecule has 0 radical (unpaired) electrons. The van der Waals surface area contributed by atoms with Crippen molar-refractivity contribution in [1.82, 2.24) is 0 Å². The van der Waals surface area contributed by atoms with Crippen molar-refractivity contribution in [3.8, 4) is 17.2 Å². The maximum Gasteiger partial charge on any atom is 0.397 e. The number of carboxylic acid groups (broad SMARTS) is 1. The number of esters is 1. The molecule has 0 fully saturated rings. The standard InChI is InChI=1S/C19H19NO7/c1-4-26-19(25)17(22)20-12-7-10(2)16(11(3)8-12)27-13-5-6-15(21)14(9-13)18(23)24/h5-9,21H,4H2,1-3H3,(H,20,22)(H,23,24). The highest BCUT2D eigenvalue weighted by atomic mass is 16.5. The molecule has 0 saturated carbocycles. The lowest BCUT2D eigenvalue weighted by Crippen LogP contribution is -2.25. The zero-order valence-electron chi connectivity index (χ0n) is 15.0. The number of aryl methyl sites for hydroxylation is 2. The SMILES string of the molecule is CCOC(=O)C(=O)Nc1cc(C)c(Oc2ccc(O)c(C(=O)O)c2)c(C)c1. The van der Waals surface area contributed by atoms with Crippen molar-refractivity contribution in [2.75, 3.05) is 11.9 Å². The smallest absolute Gasteiger partial charge is 0.397 e. The van der Waals surface area contributed by atoms with Crippen LogP contribution in [-0.4, -0.2) is 34.7 Å². The maximum atomic E-state index is 11.7. The van der Waals surface area contributed by atoms with Crippen molar-refractivity contribution in [2.45, 2.75) is 20.8 Å². The Labute approximate surface area is 155 Å². The molecule has 0 spiro atoms. The van der Waals surface area contributed by atoms with Gasteiger partial charge in [-0.25, -0.2) is 9.59 Å². The van der Waals surface area contributed by atoms with E-state index in [4.69, 9.17) is 9.84 Å². The first-order valence-electron chi connectivity index (χ1n) is 8.06. The van der Waals surface area contributed by atoms with Gasteiger partial charge in [0, 0.05) is 5.69 Å². The number of ether oxygens (including phenoxy) is 2. The number of hydrogen-bond acceptors (Lipinski definition) is 6. The summed E-state index contributed by atoms with van der Waals surface area (Å²) in [6, 6.07) is 7.11. The van der Waals surface area contributed by atoms with Gasteiger partial charge in [-0.15, -0.1) is 0 Å². The predicted octanol–water partition coefficient (Wildman–Crippen LogP) is 3.00. The van der Waals surface area contributed by atoms with Crippen molar-refractivity contribution in [3.05, 3.63) is 47.0 Å². The van der Waals surface area contributed by atoms with E-state index in [9.17, 15) is 19.5 Å². The summed E-state index contributed by atoms with van der Waals surface area (Å²) >= 11 is 0. The second-order valence-electron chi connectivity index (χ2n) is 5.70. The number of carbonyl (C=O) groups excluding carboxylic acids is 2. The Kier molecular flexibility index (Phi) is 6.02. The molecule has 0 aliphatic carbocycles. The highest BCUT2D eigenvalue weighted by Gasteiger charge is 2.17. The number of hydrogen-bond donors (Lipinski definition) is 3. The third-order valence-electron chi connectivity index (χ3n) is 3.60. The Hall–Kier alpha value is -3.55. The van der Waals surface area contributed by atoms with Crippen molar-refractivity contribution in [3.63, 3.8) is 0 Å². The van der Waals surface area contributed by atoms with Crippen LogP contribution in [0.25, 0.3) is 0 Å². The number of benzene rings is 2. The summed E-state index contributed by atoms with van der Waals surface area (Å²) in [5.41, 5.74) is 1.42. The molecule has 0 aromatic heterocycles. The predicted molar refractivity (Wildman–Crippen MR) is 96.3 cm³/mol. The van der Waals surface area contributed by atoms with Crippen molar-refractivity contribution in [2.24, 2.45) is 0 Å². The number of rotatable bonds is 5. The molecule has 8 nitrogen and oxygen atoms in total. The van der Waals surface area contributed by atoms with Crippen LogP contribution < -0.4 is 10.1 Å². The lowest BCUT2D eigenvalue weighted by Gasteiger charge is -2.15. The van der Waals surface area contributed by atoms with Crippen molar-refractivity contribution in [1.29, 1.82) is 0 Å². The summed E-state index contributed by atoms with van der Waals surface area (Å²) in [5, 5.41) is 21.1. The van der Waals surface area contributed by atoms with Gasteiger partial charge < -0.3 is 25.0 Å². The van der Waals surface area contributed by atoms with Crippen LogP contribution in [0, 0.1) is 13.8 Å². The van der Waals surface area contributed by atoms with Crippen molar-refractivity contribution < 1.29 is 34.1 Å². The van der Waals surface area contributed by atoms with E-state index in [1.165, 1.54) is 18.2 Å². The van der Waals surface area contributed by atoms with Crippen molar-refractivity contribution >= 4 is 23.5 Å². The summed E-state index contributed by atoms with van der Waals surface area (Å²) < 4.78 is 10.4. The first-order valence-corrected chi connectivity index (χ1v) is 8.06. The van der Waals surface area contributed by atoms with E-state index < -0.39 is 17.8 Å². The van der Waals surface area contributed by atoms with Crippen LogP contribution >= 0.6 is 0 Å². The lowest BCUT2D eigenvalue weighted by molar-refractivity contribution is -0.152. The maximum absolute atomic E-state index is 11.7. The van der Waals surface area contributed by atoms with E-state index in [1.54, 1.807) is 32.9 Å². The van der Waals surface area contributed by atoms with Gasteiger partial charge in [0.2, 0.25) is 0 Å². The zero-order valence-corrected chi connectivity index (χ0v) is 15.0. The van der Waals surface area contributed by atoms with Gasteiger partial charge in [-0.3, -0.25) is 4.79 Å². The second kappa shape index (κ2) is 8.22. The number of amides is 1. The quantitative estimate of drug-likeness (QED) is 0.544. The van der Waals surface area contributed by atoms with Gasteiger partial charge in [-0.1, -0.05) is 0 Å². The number of anilines is 1. The molecule has 0 aliphatic heterocycles. The molecule has 0 unspecified atom stereocenters. The minimum Gasteiger partial charge on any atom is -0.507 e. The van der Waals surface area contributed by atoms with E-state index in [0.29, 0.717) is 22.6 Å². The molecule has 0 saturated heterocycles. The number of aromatic hydroxyl groups is 1.